The molecule has 2 amide bonds. The second-order valence-corrected chi connectivity index (χ2v) is 8.80. The van der Waals surface area contributed by atoms with E-state index < -0.39 is 47.1 Å². The van der Waals surface area contributed by atoms with Crippen molar-refractivity contribution in [1.29, 1.82) is 0 Å². The number of nitrogens with zero attached hydrogens (tertiary/aromatic N) is 2. The number of carbonyl (C=O) groups is 3. The summed E-state index contributed by atoms with van der Waals surface area (Å²) in [5.41, 5.74) is 7.53. The van der Waals surface area contributed by atoms with Crippen LogP contribution in [0.4, 0.5) is 0 Å². The summed E-state index contributed by atoms with van der Waals surface area (Å²) in [6.07, 6.45) is 7.13. The second-order valence-electron chi connectivity index (χ2n) is 8.80. The molecule has 0 aliphatic carbocycles. The zero-order valence-electron chi connectivity index (χ0n) is 20.1. The lowest BCUT2D eigenvalue weighted by molar-refractivity contribution is -0.142. The van der Waals surface area contributed by atoms with Gasteiger partial charge in [-0.1, -0.05) is 18.2 Å². The Balaban J connectivity index is 1.47. The van der Waals surface area contributed by atoms with Gasteiger partial charge < -0.3 is 41.1 Å². The third-order valence-electron chi connectivity index (χ3n) is 6.03. The lowest BCUT2D eigenvalue weighted by Crippen LogP contribution is -2.56. The van der Waals surface area contributed by atoms with Gasteiger partial charge in [-0.15, -0.1) is 0 Å². The lowest BCUT2D eigenvalue weighted by atomic mass is 10.0. The van der Waals surface area contributed by atoms with Crippen molar-refractivity contribution >= 4 is 28.7 Å². The number of aliphatic carboxylic acids is 1. The van der Waals surface area contributed by atoms with E-state index in [1.54, 1.807) is 6.20 Å². The van der Waals surface area contributed by atoms with Crippen molar-refractivity contribution in [2.75, 3.05) is 0 Å². The van der Waals surface area contributed by atoms with Gasteiger partial charge in [-0.2, -0.15) is 0 Å². The van der Waals surface area contributed by atoms with Crippen LogP contribution in [0.2, 0.25) is 0 Å². The van der Waals surface area contributed by atoms with Crippen molar-refractivity contribution in [3.63, 3.8) is 0 Å². The molecule has 198 valence electrons. The SMILES string of the molecule is N[C@@H](Cn1ccc(=O)c(O)c1)C(=O)N[C@@H](Cc1cnc[nH]1)C(=O)N[C@@H](Cc1c[nH]c2ccccc12)C(=O)O. The molecule has 3 atom stereocenters. The maximum atomic E-state index is 13.2. The number of carboxylic acid groups (broad SMARTS) is 1. The monoisotopic (exact) mass is 521 g/mol. The van der Waals surface area contributed by atoms with Crippen LogP contribution in [0.15, 0.2) is 66.2 Å². The number of aromatic amines is 2. The van der Waals surface area contributed by atoms with Gasteiger partial charge in [0.15, 0.2) is 5.75 Å². The molecule has 0 aliphatic heterocycles. The van der Waals surface area contributed by atoms with Crippen LogP contribution < -0.4 is 21.8 Å². The van der Waals surface area contributed by atoms with Crippen molar-refractivity contribution in [2.24, 2.45) is 5.73 Å². The number of carboxylic acids is 1. The van der Waals surface area contributed by atoms with Gasteiger partial charge in [-0.25, -0.2) is 9.78 Å². The molecular formula is C25H27N7O6. The first-order valence-corrected chi connectivity index (χ1v) is 11.7. The highest BCUT2D eigenvalue weighted by Crippen LogP contribution is 2.19. The van der Waals surface area contributed by atoms with E-state index in [1.165, 1.54) is 23.3 Å². The quantitative estimate of drug-likeness (QED) is 0.138. The molecule has 0 fully saturated rings. The summed E-state index contributed by atoms with van der Waals surface area (Å²) in [7, 11) is 0. The highest BCUT2D eigenvalue weighted by molar-refractivity contribution is 5.92. The summed E-state index contributed by atoms with van der Waals surface area (Å²) in [4.78, 5) is 59.4. The van der Waals surface area contributed by atoms with Gasteiger partial charge in [0.1, 0.15) is 18.1 Å². The summed E-state index contributed by atoms with van der Waals surface area (Å²) in [5, 5.41) is 25.4. The fourth-order valence-corrected chi connectivity index (χ4v) is 4.03. The van der Waals surface area contributed by atoms with E-state index in [-0.39, 0.29) is 19.4 Å². The van der Waals surface area contributed by atoms with Crippen molar-refractivity contribution < 1.29 is 24.6 Å². The van der Waals surface area contributed by atoms with E-state index in [9.17, 15) is 29.4 Å². The summed E-state index contributed by atoms with van der Waals surface area (Å²) >= 11 is 0. The maximum absolute atomic E-state index is 13.2. The molecule has 0 unspecified atom stereocenters. The molecule has 4 aromatic rings. The van der Waals surface area contributed by atoms with Crippen LogP contribution in [0.3, 0.4) is 0 Å². The third-order valence-corrected chi connectivity index (χ3v) is 6.03. The topological polar surface area (TPSA) is 208 Å². The van der Waals surface area contributed by atoms with Gasteiger partial charge >= 0.3 is 5.97 Å². The van der Waals surface area contributed by atoms with Crippen LogP contribution in [-0.2, 0) is 33.8 Å². The highest BCUT2D eigenvalue weighted by Gasteiger charge is 2.29. The molecule has 0 radical (unpaired) electrons. The normalized spacial score (nSPS) is 13.5. The summed E-state index contributed by atoms with van der Waals surface area (Å²) in [6, 6.07) is 4.97. The molecule has 13 nitrogen and oxygen atoms in total. The van der Waals surface area contributed by atoms with Crippen molar-refractivity contribution in [3.8, 4) is 5.75 Å². The molecular weight excluding hydrogens is 494 g/mol. The van der Waals surface area contributed by atoms with Gasteiger partial charge in [-0.05, 0) is 11.6 Å². The Bertz CT molecular complexity index is 1490. The standard InChI is InChI=1S/C25H27N7O6/c26-17(11-32-6-5-21(33)22(34)12-32)23(35)30-19(8-15-10-27-13-29-15)24(36)31-20(25(37)38)7-14-9-28-18-4-2-1-3-16(14)18/h1-6,9-10,12-13,17,19-20,28,34H,7-8,11,26H2,(H,27,29)(H,30,35)(H,31,36)(H,37,38)/t17-,19-,20-/m0/s1. The van der Waals surface area contributed by atoms with Crippen LogP contribution in [0, 0.1) is 0 Å². The number of imidazole rings is 1. The molecule has 0 aliphatic rings. The Labute approximate surface area is 215 Å². The highest BCUT2D eigenvalue weighted by atomic mass is 16.4. The van der Waals surface area contributed by atoms with Crippen LogP contribution >= 0.6 is 0 Å². The zero-order valence-corrected chi connectivity index (χ0v) is 20.1. The van der Waals surface area contributed by atoms with Crippen LogP contribution in [0.25, 0.3) is 10.9 Å². The molecule has 4 rings (SSSR count). The molecule has 0 saturated heterocycles. The van der Waals surface area contributed by atoms with Crippen LogP contribution in [0.5, 0.6) is 5.75 Å². The first-order valence-electron chi connectivity index (χ1n) is 11.7. The largest absolute Gasteiger partial charge is 0.503 e. The summed E-state index contributed by atoms with van der Waals surface area (Å²) in [6.45, 7) is -0.0869. The molecule has 1 aromatic carbocycles. The van der Waals surface area contributed by atoms with E-state index >= 15 is 0 Å². The van der Waals surface area contributed by atoms with Gasteiger partial charge in [0.2, 0.25) is 17.2 Å². The maximum Gasteiger partial charge on any atom is 0.326 e. The number of benzene rings is 1. The second kappa shape index (κ2) is 11.4. The van der Waals surface area contributed by atoms with Gasteiger partial charge in [0.25, 0.3) is 0 Å². The van der Waals surface area contributed by atoms with Gasteiger partial charge in [0.05, 0.1) is 6.33 Å². The van der Waals surface area contributed by atoms with E-state index in [4.69, 9.17) is 5.73 Å². The number of amides is 2. The molecule has 38 heavy (non-hydrogen) atoms. The smallest absolute Gasteiger partial charge is 0.326 e. The van der Waals surface area contributed by atoms with Crippen molar-refractivity contribution in [3.05, 3.63) is 82.9 Å². The van der Waals surface area contributed by atoms with Crippen LogP contribution in [-0.4, -0.2) is 65.6 Å². The number of nitrogens with one attached hydrogen (secondary N) is 4. The number of H-pyrrole nitrogens is 2. The third kappa shape index (κ3) is 6.25. The number of fused-ring (bicyclic) bond motifs is 1. The van der Waals surface area contributed by atoms with Crippen molar-refractivity contribution in [1.82, 2.24) is 30.2 Å². The van der Waals surface area contributed by atoms with E-state index in [0.29, 0.717) is 11.3 Å². The Hall–Kier alpha value is -4.91. The van der Waals surface area contributed by atoms with E-state index in [2.05, 4.69) is 25.6 Å². The zero-order chi connectivity index (χ0) is 27.2. The molecule has 0 saturated carbocycles. The van der Waals surface area contributed by atoms with Crippen LogP contribution in [0.1, 0.15) is 11.3 Å². The molecule has 0 spiro atoms. The van der Waals surface area contributed by atoms with E-state index in [0.717, 1.165) is 23.2 Å². The Kier molecular flexibility index (Phi) is 7.87. The lowest BCUT2D eigenvalue weighted by Gasteiger charge is -2.23. The fraction of sp³-hybridized carbons (Fsp3) is 0.240. The molecule has 0 bridgehead atoms. The van der Waals surface area contributed by atoms with Gasteiger partial charge in [-0.3, -0.25) is 14.4 Å². The minimum Gasteiger partial charge on any atom is -0.503 e. The number of hydrogen-bond acceptors (Lipinski definition) is 7. The minimum absolute atomic E-state index is 0.00251. The first-order chi connectivity index (χ1) is 18.2. The number of rotatable bonds is 11. The number of hydrogen-bond donors (Lipinski definition) is 7. The Morgan fingerprint density at radius 2 is 1.82 bits per heavy atom. The predicted octanol–water partition coefficient (Wildman–Crippen LogP) is -0.375. The van der Waals surface area contributed by atoms with E-state index in [1.807, 2.05) is 24.3 Å². The molecule has 3 aromatic heterocycles. The number of aromatic nitrogens is 4. The molecule has 8 N–H and O–H groups in total. The Morgan fingerprint density at radius 3 is 2.53 bits per heavy atom. The minimum atomic E-state index is -1.26. The first kappa shape index (κ1) is 26.2. The summed E-state index contributed by atoms with van der Waals surface area (Å²) in [5.74, 6) is -3.13. The average molecular weight is 522 g/mol. The number of pyridine rings is 1. The number of carbonyl (C=O) groups excluding carboxylic acids is 2. The van der Waals surface area contributed by atoms with Gasteiger partial charge in [0, 0.05) is 66.8 Å². The average Bonchev–Trinajstić information content (AvgIpc) is 3.55. The molecule has 13 heteroatoms. The summed E-state index contributed by atoms with van der Waals surface area (Å²) < 4.78 is 1.37. The number of para-hydroxylation sites is 1. The predicted molar refractivity (Wildman–Crippen MR) is 136 cm³/mol. The fourth-order valence-electron chi connectivity index (χ4n) is 4.03. The van der Waals surface area contributed by atoms with Crippen molar-refractivity contribution in [2.45, 2.75) is 37.5 Å². The number of aromatic hydroxyl groups is 1. The number of nitrogens with two attached hydrogens (primary N) is 1. The Morgan fingerprint density at radius 1 is 1.05 bits per heavy atom. The molecule has 3 heterocycles.